The molecule has 1 amide bonds. The molecule has 0 atom stereocenters. The second kappa shape index (κ2) is 6.95. The standard InChI is InChI=1S/C20H24N2O2/c1-24-18-10-5-9-17(15-18)22(16-7-3-2-4-8-16)14-13-20(19(21)23)11-6-12-20/h2-5,7-10,15H,6,11-14H2,1H3,(H2,21,23). The maximum atomic E-state index is 11.9. The summed E-state index contributed by atoms with van der Waals surface area (Å²) in [4.78, 5) is 14.1. The predicted octanol–water partition coefficient (Wildman–Crippen LogP) is 3.88. The van der Waals surface area contributed by atoms with E-state index in [2.05, 4.69) is 23.1 Å². The quantitative estimate of drug-likeness (QED) is 0.841. The Labute approximate surface area is 143 Å². The van der Waals surface area contributed by atoms with E-state index in [1.165, 1.54) is 0 Å². The first kappa shape index (κ1) is 16.4. The third kappa shape index (κ3) is 3.23. The van der Waals surface area contributed by atoms with Gasteiger partial charge in [-0.1, -0.05) is 30.7 Å². The van der Waals surface area contributed by atoms with Gasteiger partial charge in [0.1, 0.15) is 5.75 Å². The zero-order valence-electron chi connectivity index (χ0n) is 14.1. The molecule has 2 aromatic rings. The minimum atomic E-state index is -0.327. The van der Waals surface area contributed by atoms with Crippen molar-refractivity contribution in [2.75, 3.05) is 18.6 Å². The minimum Gasteiger partial charge on any atom is -0.497 e. The number of rotatable bonds is 7. The van der Waals surface area contributed by atoms with Gasteiger partial charge in [0.25, 0.3) is 0 Å². The molecular formula is C20H24N2O2. The van der Waals surface area contributed by atoms with Crippen LogP contribution < -0.4 is 15.4 Å². The minimum absolute atomic E-state index is 0.160. The number of para-hydroxylation sites is 1. The van der Waals surface area contributed by atoms with E-state index in [0.717, 1.165) is 49.4 Å². The SMILES string of the molecule is COc1cccc(N(CCC2(C(N)=O)CCC2)c2ccccc2)c1. The molecule has 0 bridgehead atoms. The average Bonchev–Trinajstić information content (AvgIpc) is 2.58. The van der Waals surface area contributed by atoms with Crippen molar-refractivity contribution in [3.05, 3.63) is 54.6 Å². The Morgan fingerprint density at radius 3 is 2.42 bits per heavy atom. The summed E-state index contributed by atoms with van der Waals surface area (Å²) in [5.41, 5.74) is 7.49. The molecule has 0 heterocycles. The molecule has 0 aliphatic heterocycles. The number of carbonyl (C=O) groups is 1. The van der Waals surface area contributed by atoms with Crippen molar-refractivity contribution in [3.63, 3.8) is 0 Å². The van der Waals surface area contributed by atoms with Gasteiger partial charge in [-0.2, -0.15) is 0 Å². The Hall–Kier alpha value is -2.49. The molecular weight excluding hydrogens is 300 g/mol. The molecule has 0 unspecified atom stereocenters. The molecule has 126 valence electrons. The van der Waals surface area contributed by atoms with Crippen LogP contribution in [0, 0.1) is 5.41 Å². The highest BCUT2D eigenvalue weighted by molar-refractivity contribution is 5.82. The first-order valence-corrected chi connectivity index (χ1v) is 8.41. The van der Waals surface area contributed by atoms with Crippen LogP contribution >= 0.6 is 0 Å². The van der Waals surface area contributed by atoms with E-state index in [1.54, 1.807) is 7.11 Å². The van der Waals surface area contributed by atoms with Gasteiger partial charge in [-0.15, -0.1) is 0 Å². The summed E-state index contributed by atoms with van der Waals surface area (Å²) < 4.78 is 5.36. The normalized spacial score (nSPS) is 15.4. The Kier molecular flexibility index (Phi) is 4.74. The van der Waals surface area contributed by atoms with Crippen LogP contribution in [0.5, 0.6) is 5.75 Å². The van der Waals surface area contributed by atoms with E-state index in [9.17, 15) is 4.79 Å². The number of hydrogen-bond acceptors (Lipinski definition) is 3. The summed E-state index contributed by atoms with van der Waals surface area (Å²) in [6.45, 7) is 0.750. The summed E-state index contributed by atoms with van der Waals surface area (Å²) in [5.74, 6) is 0.661. The maximum Gasteiger partial charge on any atom is 0.223 e. The van der Waals surface area contributed by atoms with Gasteiger partial charge >= 0.3 is 0 Å². The monoisotopic (exact) mass is 324 g/mol. The van der Waals surface area contributed by atoms with Gasteiger partial charge in [-0.25, -0.2) is 0 Å². The fraction of sp³-hybridized carbons (Fsp3) is 0.350. The van der Waals surface area contributed by atoms with Gasteiger partial charge in [0.2, 0.25) is 5.91 Å². The molecule has 0 radical (unpaired) electrons. The van der Waals surface area contributed by atoms with Crippen molar-refractivity contribution in [1.29, 1.82) is 0 Å². The van der Waals surface area contributed by atoms with Crippen molar-refractivity contribution in [2.24, 2.45) is 11.1 Å². The van der Waals surface area contributed by atoms with E-state index in [0.29, 0.717) is 0 Å². The summed E-state index contributed by atoms with van der Waals surface area (Å²) in [6, 6.07) is 18.2. The Balaban J connectivity index is 1.86. The molecule has 1 aliphatic carbocycles. The van der Waals surface area contributed by atoms with Crippen LogP contribution in [0.2, 0.25) is 0 Å². The first-order valence-electron chi connectivity index (χ1n) is 8.41. The van der Waals surface area contributed by atoms with Gasteiger partial charge in [0, 0.05) is 24.0 Å². The molecule has 4 heteroatoms. The van der Waals surface area contributed by atoms with Gasteiger partial charge in [0.15, 0.2) is 0 Å². The summed E-state index contributed by atoms with van der Waals surface area (Å²) in [5, 5.41) is 0. The molecule has 0 spiro atoms. The number of anilines is 2. The molecule has 1 aliphatic rings. The van der Waals surface area contributed by atoms with Crippen molar-refractivity contribution in [1.82, 2.24) is 0 Å². The lowest BCUT2D eigenvalue weighted by Gasteiger charge is -2.40. The van der Waals surface area contributed by atoms with Crippen LogP contribution in [-0.2, 0) is 4.79 Å². The lowest BCUT2D eigenvalue weighted by atomic mass is 9.66. The van der Waals surface area contributed by atoms with Gasteiger partial charge in [-0.05, 0) is 43.5 Å². The van der Waals surface area contributed by atoms with E-state index >= 15 is 0 Å². The van der Waals surface area contributed by atoms with Crippen LogP contribution in [0.3, 0.4) is 0 Å². The topological polar surface area (TPSA) is 55.6 Å². The van der Waals surface area contributed by atoms with E-state index < -0.39 is 0 Å². The highest BCUT2D eigenvalue weighted by Gasteiger charge is 2.42. The van der Waals surface area contributed by atoms with Crippen LogP contribution in [0.1, 0.15) is 25.7 Å². The van der Waals surface area contributed by atoms with E-state index in [4.69, 9.17) is 10.5 Å². The molecule has 4 nitrogen and oxygen atoms in total. The molecule has 0 saturated heterocycles. The Bertz CT molecular complexity index is 696. The lowest BCUT2D eigenvalue weighted by Crippen LogP contribution is -2.44. The number of nitrogens with two attached hydrogens (primary N) is 1. The Morgan fingerprint density at radius 2 is 1.83 bits per heavy atom. The molecule has 2 N–H and O–H groups in total. The summed E-state index contributed by atoms with van der Waals surface area (Å²) in [7, 11) is 1.67. The second-order valence-corrected chi connectivity index (χ2v) is 6.44. The number of primary amides is 1. The molecule has 3 rings (SSSR count). The molecule has 1 fully saturated rings. The van der Waals surface area contributed by atoms with Gasteiger partial charge < -0.3 is 15.4 Å². The first-order chi connectivity index (χ1) is 11.6. The van der Waals surface area contributed by atoms with Gasteiger partial charge in [-0.3, -0.25) is 4.79 Å². The van der Waals surface area contributed by atoms with Crippen LogP contribution in [0.15, 0.2) is 54.6 Å². The summed E-state index contributed by atoms with van der Waals surface area (Å²) >= 11 is 0. The van der Waals surface area contributed by atoms with Crippen molar-refractivity contribution >= 4 is 17.3 Å². The number of ether oxygens (including phenoxy) is 1. The fourth-order valence-electron chi connectivity index (χ4n) is 3.34. The highest BCUT2D eigenvalue weighted by Crippen LogP contribution is 2.44. The largest absolute Gasteiger partial charge is 0.497 e. The van der Waals surface area contributed by atoms with Crippen molar-refractivity contribution in [2.45, 2.75) is 25.7 Å². The smallest absolute Gasteiger partial charge is 0.223 e. The van der Waals surface area contributed by atoms with Crippen LogP contribution in [-0.4, -0.2) is 19.6 Å². The average molecular weight is 324 g/mol. The molecule has 2 aromatic carbocycles. The molecule has 0 aromatic heterocycles. The number of nitrogens with zero attached hydrogens (tertiary/aromatic N) is 1. The van der Waals surface area contributed by atoms with Crippen molar-refractivity contribution < 1.29 is 9.53 Å². The van der Waals surface area contributed by atoms with Crippen LogP contribution in [0.4, 0.5) is 11.4 Å². The zero-order chi connectivity index (χ0) is 17.0. The van der Waals surface area contributed by atoms with Gasteiger partial charge in [0.05, 0.1) is 12.5 Å². The fourth-order valence-corrected chi connectivity index (χ4v) is 3.34. The number of benzene rings is 2. The predicted molar refractivity (Wildman–Crippen MR) is 96.5 cm³/mol. The molecule has 1 saturated carbocycles. The zero-order valence-corrected chi connectivity index (χ0v) is 14.1. The number of amides is 1. The number of carbonyl (C=O) groups excluding carboxylic acids is 1. The number of hydrogen-bond donors (Lipinski definition) is 1. The Morgan fingerprint density at radius 1 is 1.12 bits per heavy atom. The van der Waals surface area contributed by atoms with Crippen molar-refractivity contribution in [3.8, 4) is 5.75 Å². The maximum absolute atomic E-state index is 11.9. The third-order valence-corrected chi connectivity index (χ3v) is 5.08. The second-order valence-electron chi connectivity index (χ2n) is 6.44. The van der Waals surface area contributed by atoms with E-state index in [1.807, 2.05) is 36.4 Å². The van der Waals surface area contributed by atoms with E-state index in [-0.39, 0.29) is 11.3 Å². The lowest BCUT2D eigenvalue weighted by molar-refractivity contribution is -0.132. The third-order valence-electron chi connectivity index (χ3n) is 5.08. The number of methoxy groups -OCH3 is 1. The summed E-state index contributed by atoms with van der Waals surface area (Å²) in [6.07, 6.45) is 3.67. The highest BCUT2D eigenvalue weighted by atomic mass is 16.5. The molecule has 24 heavy (non-hydrogen) atoms. The van der Waals surface area contributed by atoms with Crippen LogP contribution in [0.25, 0.3) is 0 Å².